The summed E-state index contributed by atoms with van der Waals surface area (Å²) >= 11 is 0. The Kier molecular flexibility index (Phi) is 5.38. The van der Waals surface area contributed by atoms with Gasteiger partial charge in [-0.25, -0.2) is 14.4 Å². The number of amides is 1. The van der Waals surface area contributed by atoms with Gasteiger partial charge in [-0.2, -0.15) is 0 Å². The molecule has 1 heterocycles. The first-order valence-corrected chi connectivity index (χ1v) is 8.03. The summed E-state index contributed by atoms with van der Waals surface area (Å²) in [6.07, 6.45) is 2.83. The first-order chi connectivity index (χ1) is 12.7. The van der Waals surface area contributed by atoms with Gasteiger partial charge in [0.1, 0.15) is 11.6 Å². The number of rotatable bonds is 6. The van der Waals surface area contributed by atoms with E-state index in [4.69, 9.17) is 4.74 Å². The topological polar surface area (TPSA) is 76.1 Å². The second kappa shape index (κ2) is 8.06. The van der Waals surface area contributed by atoms with Crippen molar-refractivity contribution in [3.8, 4) is 5.75 Å². The molecule has 0 unspecified atom stereocenters. The number of nitrogens with one attached hydrogen (secondary N) is 2. The Morgan fingerprint density at radius 2 is 1.77 bits per heavy atom. The highest BCUT2D eigenvalue weighted by molar-refractivity contribution is 6.03. The number of carbonyl (C=O) groups excluding carboxylic acids is 1. The Labute approximate surface area is 150 Å². The van der Waals surface area contributed by atoms with Crippen molar-refractivity contribution in [3.63, 3.8) is 0 Å². The first-order valence-electron chi connectivity index (χ1n) is 8.03. The van der Waals surface area contributed by atoms with Gasteiger partial charge in [0, 0.05) is 18.1 Å². The summed E-state index contributed by atoms with van der Waals surface area (Å²) in [5.74, 6) is 0.291. The van der Waals surface area contributed by atoms with Gasteiger partial charge in [0.15, 0.2) is 0 Å². The molecule has 0 fully saturated rings. The fourth-order valence-corrected chi connectivity index (χ4v) is 2.22. The van der Waals surface area contributed by atoms with E-state index in [9.17, 15) is 9.18 Å². The number of para-hydroxylation sites is 2. The minimum Gasteiger partial charge on any atom is -0.492 e. The van der Waals surface area contributed by atoms with Crippen LogP contribution in [0.15, 0.2) is 60.9 Å². The third-order valence-corrected chi connectivity index (χ3v) is 3.45. The van der Waals surface area contributed by atoms with Crippen molar-refractivity contribution in [2.45, 2.75) is 6.92 Å². The lowest BCUT2D eigenvalue weighted by Crippen LogP contribution is -2.13. The van der Waals surface area contributed by atoms with Crippen LogP contribution in [0.2, 0.25) is 0 Å². The number of aromatic nitrogens is 2. The first kappa shape index (κ1) is 17.3. The predicted molar refractivity (Wildman–Crippen MR) is 97.3 cm³/mol. The molecule has 1 aromatic heterocycles. The second-order valence-corrected chi connectivity index (χ2v) is 5.31. The average Bonchev–Trinajstić information content (AvgIpc) is 2.66. The lowest BCUT2D eigenvalue weighted by molar-refractivity contribution is 0.102. The molecule has 7 heteroatoms. The number of hydrogen-bond acceptors (Lipinski definition) is 5. The van der Waals surface area contributed by atoms with Crippen molar-refractivity contribution >= 4 is 23.2 Å². The Morgan fingerprint density at radius 3 is 2.46 bits per heavy atom. The third-order valence-electron chi connectivity index (χ3n) is 3.45. The lowest BCUT2D eigenvalue weighted by Gasteiger charge is -2.11. The fourth-order valence-electron chi connectivity index (χ4n) is 2.22. The van der Waals surface area contributed by atoms with E-state index in [1.165, 1.54) is 36.7 Å². The third kappa shape index (κ3) is 4.32. The van der Waals surface area contributed by atoms with Crippen LogP contribution in [0.3, 0.4) is 0 Å². The number of benzene rings is 2. The molecule has 26 heavy (non-hydrogen) atoms. The minimum atomic E-state index is -0.377. The molecule has 3 rings (SSSR count). The SMILES string of the molecule is CCOc1ccccc1Nc1ncc(C(=O)Nc2ccc(F)cc2)cn1. The summed E-state index contributed by atoms with van der Waals surface area (Å²) in [6.45, 7) is 2.45. The van der Waals surface area contributed by atoms with Gasteiger partial charge in [-0.3, -0.25) is 4.79 Å². The van der Waals surface area contributed by atoms with Gasteiger partial charge in [0.25, 0.3) is 5.91 Å². The van der Waals surface area contributed by atoms with Crippen molar-refractivity contribution in [1.29, 1.82) is 0 Å². The van der Waals surface area contributed by atoms with Crippen LogP contribution < -0.4 is 15.4 Å². The molecule has 0 radical (unpaired) electrons. The standard InChI is InChI=1S/C19H17FN4O2/c1-2-26-17-6-4-3-5-16(17)24-19-21-11-13(12-22-19)18(25)23-15-9-7-14(20)8-10-15/h3-12H,2H2,1H3,(H,23,25)(H,21,22,24). The van der Waals surface area contributed by atoms with Crippen LogP contribution in [0, 0.1) is 5.82 Å². The van der Waals surface area contributed by atoms with Gasteiger partial charge in [-0.15, -0.1) is 0 Å². The van der Waals surface area contributed by atoms with E-state index in [0.29, 0.717) is 24.0 Å². The molecule has 6 nitrogen and oxygen atoms in total. The zero-order valence-corrected chi connectivity index (χ0v) is 14.1. The van der Waals surface area contributed by atoms with E-state index in [-0.39, 0.29) is 17.3 Å². The number of anilines is 3. The normalized spacial score (nSPS) is 10.2. The highest BCUT2D eigenvalue weighted by Crippen LogP contribution is 2.25. The van der Waals surface area contributed by atoms with Gasteiger partial charge < -0.3 is 15.4 Å². The molecule has 3 aromatic rings. The number of halogens is 1. The predicted octanol–water partition coefficient (Wildman–Crippen LogP) is 4.01. The van der Waals surface area contributed by atoms with Crippen molar-refractivity contribution in [1.82, 2.24) is 9.97 Å². The minimum absolute atomic E-state index is 0.290. The molecular weight excluding hydrogens is 335 g/mol. The largest absolute Gasteiger partial charge is 0.492 e. The quantitative estimate of drug-likeness (QED) is 0.701. The van der Waals surface area contributed by atoms with Gasteiger partial charge >= 0.3 is 0 Å². The number of hydrogen-bond donors (Lipinski definition) is 2. The number of ether oxygens (including phenoxy) is 1. The van der Waals surface area contributed by atoms with E-state index in [1.807, 2.05) is 31.2 Å². The van der Waals surface area contributed by atoms with E-state index in [1.54, 1.807) is 0 Å². The molecule has 1 amide bonds. The van der Waals surface area contributed by atoms with E-state index >= 15 is 0 Å². The van der Waals surface area contributed by atoms with Crippen molar-refractivity contribution in [2.24, 2.45) is 0 Å². The molecule has 0 aliphatic carbocycles. The van der Waals surface area contributed by atoms with Gasteiger partial charge in [0.05, 0.1) is 17.9 Å². The molecule has 0 aliphatic rings. The van der Waals surface area contributed by atoms with Crippen LogP contribution in [-0.2, 0) is 0 Å². The molecule has 0 saturated carbocycles. The molecule has 0 spiro atoms. The summed E-state index contributed by atoms with van der Waals surface area (Å²) in [5.41, 5.74) is 1.51. The fraction of sp³-hybridized carbons (Fsp3) is 0.105. The molecule has 0 aliphatic heterocycles. The van der Waals surface area contributed by atoms with Crippen molar-refractivity contribution in [2.75, 3.05) is 17.2 Å². The van der Waals surface area contributed by atoms with Gasteiger partial charge in [-0.1, -0.05) is 12.1 Å². The average molecular weight is 352 g/mol. The molecular formula is C19H17FN4O2. The van der Waals surface area contributed by atoms with Crippen LogP contribution in [-0.4, -0.2) is 22.5 Å². The Bertz CT molecular complexity index is 883. The maximum absolute atomic E-state index is 12.9. The summed E-state index contributed by atoms with van der Waals surface area (Å²) in [7, 11) is 0. The van der Waals surface area contributed by atoms with Crippen molar-refractivity contribution in [3.05, 3.63) is 72.3 Å². The summed E-state index contributed by atoms with van der Waals surface area (Å²) in [4.78, 5) is 20.5. The maximum atomic E-state index is 12.9. The lowest BCUT2D eigenvalue weighted by atomic mass is 10.2. The van der Waals surface area contributed by atoms with Crippen LogP contribution >= 0.6 is 0 Å². The van der Waals surface area contributed by atoms with Crippen LogP contribution in [0.4, 0.5) is 21.7 Å². The second-order valence-electron chi connectivity index (χ2n) is 5.31. The maximum Gasteiger partial charge on any atom is 0.258 e. The Balaban J connectivity index is 1.68. The van der Waals surface area contributed by atoms with Crippen molar-refractivity contribution < 1.29 is 13.9 Å². The summed E-state index contributed by atoms with van der Waals surface area (Å²) < 4.78 is 18.4. The van der Waals surface area contributed by atoms with Crippen LogP contribution in [0.5, 0.6) is 5.75 Å². The van der Waals surface area contributed by atoms with Gasteiger partial charge in [-0.05, 0) is 43.3 Å². The number of carbonyl (C=O) groups is 1. The zero-order valence-electron chi connectivity index (χ0n) is 14.1. The zero-order chi connectivity index (χ0) is 18.4. The Morgan fingerprint density at radius 1 is 1.08 bits per heavy atom. The molecule has 2 aromatic carbocycles. The Hall–Kier alpha value is -3.48. The van der Waals surface area contributed by atoms with E-state index < -0.39 is 0 Å². The molecule has 2 N–H and O–H groups in total. The molecule has 132 valence electrons. The highest BCUT2D eigenvalue weighted by Gasteiger charge is 2.09. The smallest absolute Gasteiger partial charge is 0.258 e. The molecule has 0 bridgehead atoms. The van der Waals surface area contributed by atoms with E-state index in [0.717, 1.165) is 5.69 Å². The monoisotopic (exact) mass is 352 g/mol. The van der Waals surface area contributed by atoms with Gasteiger partial charge in [0.2, 0.25) is 5.95 Å². The molecule has 0 atom stereocenters. The number of nitrogens with zero attached hydrogens (tertiary/aromatic N) is 2. The molecule has 0 saturated heterocycles. The highest BCUT2D eigenvalue weighted by atomic mass is 19.1. The van der Waals surface area contributed by atoms with E-state index in [2.05, 4.69) is 20.6 Å². The van der Waals surface area contributed by atoms with Crippen LogP contribution in [0.25, 0.3) is 0 Å². The van der Waals surface area contributed by atoms with Crippen LogP contribution in [0.1, 0.15) is 17.3 Å². The summed E-state index contributed by atoms with van der Waals surface area (Å²) in [6, 6.07) is 12.9. The summed E-state index contributed by atoms with van der Waals surface area (Å²) in [5, 5.41) is 5.71.